The molecule has 10 nitrogen and oxygen atoms in total. The van der Waals surface area contributed by atoms with Crippen LogP contribution in [-0.2, 0) is 18.9 Å². The Bertz CT molecular complexity index is 671. The number of aliphatic hydroxyl groups excluding tert-OH is 6. The first-order valence-electron chi connectivity index (χ1n) is 9.68. The monoisotopic (exact) mass is 428 g/mol. The van der Waals surface area contributed by atoms with Gasteiger partial charge in [-0.05, 0) is 5.56 Å². The molecule has 0 amide bonds. The highest BCUT2D eigenvalue weighted by Crippen LogP contribution is 2.24. The molecule has 2 saturated heterocycles. The van der Waals surface area contributed by atoms with E-state index in [-0.39, 0.29) is 19.8 Å². The van der Waals surface area contributed by atoms with Gasteiger partial charge in [0.2, 0.25) is 0 Å². The molecule has 6 N–H and O–H groups in total. The number of ether oxygens (including phenoxy) is 4. The van der Waals surface area contributed by atoms with E-state index in [1.807, 2.05) is 36.4 Å². The summed E-state index contributed by atoms with van der Waals surface area (Å²) >= 11 is 0. The molecule has 0 aromatic heterocycles. The fraction of sp³-hybridized carbons (Fsp3) is 0.600. The van der Waals surface area contributed by atoms with Crippen molar-refractivity contribution in [1.29, 1.82) is 0 Å². The van der Waals surface area contributed by atoms with Gasteiger partial charge in [-0.3, -0.25) is 0 Å². The predicted molar refractivity (Wildman–Crippen MR) is 102 cm³/mol. The van der Waals surface area contributed by atoms with E-state index in [0.717, 1.165) is 5.56 Å². The highest BCUT2D eigenvalue weighted by molar-refractivity contribution is 5.48. The van der Waals surface area contributed by atoms with Gasteiger partial charge in [0.1, 0.15) is 42.7 Å². The second-order valence-electron chi connectivity index (χ2n) is 7.24. The third kappa shape index (κ3) is 5.62. The molecule has 0 bridgehead atoms. The molecule has 2 aliphatic heterocycles. The quantitative estimate of drug-likeness (QED) is 0.286. The summed E-state index contributed by atoms with van der Waals surface area (Å²) < 4.78 is 21.5. The van der Waals surface area contributed by atoms with Crippen LogP contribution in [0.3, 0.4) is 0 Å². The first-order chi connectivity index (χ1) is 14.4. The van der Waals surface area contributed by atoms with E-state index in [2.05, 4.69) is 0 Å². The average molecular weight is 428 g/mol. The summed E-state index contributed by atoms with van der Waals surface area (Å²) in [5.74, 6) is 0. The first kappa shape index (κ1) is 23.2. The third-order valence-corrected chi connectivity index (χ3v) is 5.01. The second-order valence-corrected chi connectivity index (χ2v) is 7.24. The molecule has 2 heterocycles. The van der Waals surface area contributed by atoms with Crippen molar-refractivity contribution >= 4 is 6.08 Å². The molecule has 1 aromatic rings. The minimum absolute atomic E-state index is 0.0849. The summed E-state index contributed by atoms with van der Waals surface area (Å²) in [5, 5.41) is 59.4. The standard InChI is InChI=1S/C20H28O10/c21-12-9-28-19(17(25)14(12)22)29-10-13-15(23)16(24)18(26)20(30-13)27-8-4-7-11-5-2-1-3-6-11/h1-7,12-26H,8-10H2/b7-4+/t12-,13+,14-,15+,16-,17+,18+,19-,20+/m0/s1. The zero-order chi connectivity index (χ0) is 21.7. The largest absolute Gasteiger partial charge is 0.388 e. The number of hydrogen-bond donors (Lipinski definition) is 6. The average Bonchev–Trinajstić information content (AvgIpc) is 2.76. The van der Waals surface area contributed by atoms with Gasteiger partial charge in [0, 0.05) is 0 Å². The van der Waals surface area contributed by atoms with Gasteiger partial charge in [-0.25, -0.2) is 0 Å². The molecule has 168 valence electrons. The lowest BCUT2D eigenvalue weighted by Crippen LogP contribution is -2.60. The van der Waals surface area contributed by atoms with Crippen LogP contribution >= 0.6 is 0 Å². The smallest absolute Gasteiger partial charge is 0.187 e. The van der Waals surface area contributed by atoms with Crippen LogP contribution < -0.4 is 0 Å². The summed E-state index contributed by atoms with van der Waals surface area (Å²) in [7, 11) is 0. The molecule has 3 rings (SSSR count). The molecule has 0 radical (unpaired) electrons. The van der Waals surface area contributed by atoms with Crippen LogP contribution in [0.5, 0.6) is 0 Å². The molecule has 0 aliphatic carbocycles. The van der Waals surface area contributed by atoms with Gasteiger partial charge in [0.05, 0.1) is 19.8 Å². The summed E-state index contributed by atoms with van der Waals surface area (Å²) in [5.41, 5.74) is 0.964. The lowest BCUT2D eigenvalue weighted by Gasteiger charge is -2.41. The summed E-state index contributed by atoms with van der Waals surface area (Å²) in [6.45, 7) is -0.478. The van der Waals surface area contributed by atoms with Crippen molar-refractivity contribution in [1.82, 2.24) is 0 Å². The Hall–Kier alpha value is -1.44. The van der Waals surface area contributed by atoms with Gasteiger partial charge in [-0.1, -0.05) is 42.5 Å². The molecule has 30 heavy (non-hydrogen) atoms. The van der Waals surface area contributed by atoms with Gasteiger partial charge in [-0.15, -0.1) is 0 Å². The Morgan fingerprint density at radius 3 is 2.27 bits per heavy atom. The molecule has 9 atom stereocenters. The summed E-state index contributed by atoms with van der Waals surface area (Å²) in [6.07, 6.45) is -8.71. The van der Waals surface area contributed by atoms with Gasteiger partial charge in [-0.2, -0.15) is 0 Å². The number of rotatable bonds is 7. The van der Waals surface area contributed by atoms with Gasteiger partial charge in [0.25, 0.3) is 0 Å². The normalized spacial score (nSPS) is 40.0. The molecule has 0 saturated carbocycles. The maximum atomic E-state index is 10.2. The van der Waals surface area contributed by atoms with E-state index in [4.69, 9.17) is 18.9 Å². The number of aliphatic hydroxyl groups is 6. The Labute approximate surface area is 173 Å². The van der Waals surface area contributed by atoms with E-state index in [9.17, 15) is 30.6 Å². The minimum atomic E-state index is -1.54. The second kappa shape index (κ2) is 10.7. The van der Waals surface area contributed by atoms with Crippen LogP contribution in [-0.4, -0.2) is 106 Å². The van der Waals surface area contributed by atoms with Crippen LogP contribution in [0.25, 0.3) is 6.08 Å². The maximum Gasteiger partial charge on any atom is 0.187 e. The van der Waals surface area contributed by atoms with E-state index in [1.165, 1.54) is 0 Å². The zero-order valence-corrected chi connectivity index (χ0v) is 16.2. The van der Waals surface area contributed by atoms with Gasteiger partial charge < -0.3 is 49.6 Å². The Balaban J connectivity index is 1.52. The van der Waals surface area contributed by atoms with Crippen molar-refractivity contribution in [2.75, 3.05) is 19.8 Å². The van der Waals surface area contributed by atoms with Crippen LogP contribution in [0.15, 0.2) is 36.4 Å². The fourth-order valence-corrected chi connectivity index (χ4v) is 3.21. The number of hydrogen-bond acceptors (Lipinski definition) is 10. The molecular formula is C20H28O10. The zero-order valence-electron chi connectivity index (χ0n) is 16.2. The molecule has 0 unspecified atom stereocenters. The molecule has 0 spiro atoms. The van der Waals surface area contributed by atoms with Crippen molar-refractivity contribution in [3.05, 3.63) is 42.0 Å². The highest BCUT2D eigenvalue weighted by atomic mass is 16.7. The van der Waals surface area contributed by atoms with Crippen molar-refractivity contribution in [3.8, 4) is 0 Å². The Morgan fingerprint density at radius 2 is 1.53 bits per heavy atom. The summed E-state index contributed by atoms with van der Waals surface area (Å²) in [4.78, 5) is 0. The maximum absolute atomic E-state index is 10.2. The lowest BCUT2D eigenvalue weighted by molar-refractivity contribution is -0.319. The van der Waals surface area contributed by atoms with Crippen molar-refractivity contribution in [2.45, 2.75) is 55.3 Å². The molecule has 2 aliphatic rings. The third-order valence-electron chi connectivity index (χ3n) is 5.01. The number of benzene rings is 1. The van der Waals surface area contributed by atoms with Crippen molar-refractivity contribution in [3.63, 3.8) is 0 Å². The molecule has 2 fully saturated rings. The van der Waals surface area contributed by atoms with Crippen LogP contribution in [0.1, 0.15) is 5.56 Å². The van der Waals surface area contributed by atoms with Gasteiger partial charge >= 0.3 is 0 Å². The predicted octanol–water partition coefficient (Wildman–Crippen LogP) is -2.02. The molecule has 10 heteroatoms. The van der Waals surface area contributed by atoms with E-state index >= 15 is 0 Å². The van der Waals surface area contributed by atoms with Crippen LogP contribution in [0.2, 0.25) is 0 Å². The van der Waals surface area contributed by atoms with E-state index in [0.29, 0.717) is 0 Å². The van der Waals surface area contributed by atoms with Crippen LogP contribution in [0, 0.1) is 0 Å². The lowest BCUT2D eigenvalue weighted by atomic mass is 9.99. The fourth-order valence-electron chi connectivity index (χ4n) is 3.21. The van der Waals surface area contributed by atoms with E-state index < -0.39 is 55.3 Å². The van der Waals surface area contributed by atoms with Crippen molar-refractivity contribution < 1.29 is 49.6 Å². The SMILES string of the molecule is O[C@@H]1[C@@H](O)[C@H](OC/C=C/c2ccccc2)O[C@H](CO[C@@H]2OC[C@H](O)[C@H](O)[C@H]2O)[C@H]1O. The van der Waals surface area contributed by atoms with Crippen LogP contribution in [0.4, 0.5) is 0 Å². The molecular weight excluding hydrogens is 400 g/mol. The van der Waals surface area contributed by atoms with Gasteiger partial charge in [0.15, 0.2) is 12.6 Å². The van der Waals surface area contributed by atoms with Crippen molar-refractivity contribution in [2.24, 2.45) is 0 Å². The topological polar surface area (TPSA) is 158 Å². The Morgan fingerprint density at radius 1 is 0.833 bits per heavy atom. The first-order valence-corrected chi connectivity index (χ1v) is 9.68. The summed E-state index contributed by atoms with van der Waals surface area (Å²) in [6, 6.07) is 9.50. The van der Waals surface area contributed by atoms with E-state index in [1.54, 1.807) is 6.08 Å². The minimum Gasteiger partial charge on any atom is -0.388 e. The highest BCUT2D eigenvalue weighted by Gasteiger charge is 2.45. The molecule has 1 aromatic carbocycles. The Kier molecular flexibility index (Phi) is 8.31.